The van der Waals surface area contributed by atoms with Gasteiger partial charge in [0, 0.05) is 31.5 Å². The monoisotopic (exact) mass is 455 g/mol. The number of hydrogen-bond acceptors (Lipinski definition) is 4. The molecule has 7 heteroatoms. The normalized spacial score (nSPS) is 18.4. The fraction of sp³-hybridized carbons (Fsp3) is 0.400. The van der Waals surface area contributed by atoms with Gasteiger partial charge in [0.05, 0.1) is 5.75 Å². The van der Waals surface area contributed by atoms with Crippen molar-refractivity contribution < 1.29 is 23.0 Å². The van der Waals surface area contributed by atoms with E-state index in [0.717, 1.165) is 28.0 Å². The minimum absolute atomic E-state index is 0.115. The lowest BCUT2D eigenvalue weighted by Gasteiger charge is -2.43. The van der Waals surface area contributed by atoms with Crippen molar-refractivity contribution in [2.45, 2.75) is 50.6 Å². The highest BCUT2D eigenvalue weighted by atomic mass is 32.2. The molecular weight excluding hydrogens is 426 g/mol. The molecule has 1 atom stereocenters. The number of fused-ring (bicyclic) bond motifs is 1. The van der Waals surface area contributed by atoms with E-state index in [1.54, 1.807) is 4.90 Å². The fourth-order valence-electron chi connectivity index (χ4n) is 4.17. The molecule has 2 aromatic carbocycles. The lowest BCUT2D eigenvalue weighted by atomic mass is 9.83. The summed E-state index contributed by atoms with van der Waals surface area (Å²) in [5.41, 5.74) is 2.93. The highest BCUT2D eigenvalue weighted by Crippen LogP contribution is 2.43. The Hall–Kier alpha value is -2.64. The third-order valence-electron chi connectivity index (χ3n) is 5.71. The first-order chi connectivity index (χ1) is 15.1. The van der Waals surface area contributed by atoms with Crippen LogP contribution in [0.1, 0.15) is 50.3 Å². The summed E-state index contributed by atoms with van der Waals surface area (Å²) in [6.45, 7) is 6.73. The first kappa shape index (κ1) is 22.6. The number of para-hydroxylation sites is 1. The van der Waals surface area contributed by atoms with Gasteiger partial charge in [-0.2, -0.15) is 0 Å². The van der Waals surface area contributed by atoms with E-state index in [1.165, 1.54) is 0 Å². The summed E-state index contributed by atoms with van der Waals surface area (Å²) >= 11 is -1.86. The lowest BCUT2D eigenvalue weighted by molar-refractivity contribution is -0.00116. The van der Waals surface area contributed by atoms with Crippen molar-refractivity contribution in [3.05, 3.63) is 71.3 Å². The predicted molar refractivity (Wildman–Crippen MR) is 125 cm³/mol. The van der Waals surface area contributed by atoms with Gasteiger partial charge in [0.15, 0.2) is 11.1 Å². The zero-order chi connectivity index (χ0) is 22.9. The van der Waals surface area contributed by atoms with Crippen LogP contribution in [-0.4, -0.2) is 44.0 Å². The van der Waals surface area contributed by atoms with Crippen LogP contribution in [0.25, 0.3) is 5.57 Å². The quantitative estimate of drug-likeness (QED) is 0.659. The molecule has 6 nitrogen and oxygen atoms in total. The molecule has 1 fully saturated rings. The number of ether oxygens (including phenoxy) is 2. The van der Waals surface area contributed by atoms with E-state index in [-0.39, 0.29) is 11.8 Å². The summed E-state index contributed by atoms with van der Waals surface area (Å²) in [4.78, 5) is 14.2. The number of amides is 1. The molecule has 1 N–H and O–H groups in total. The Kier molecular flexibility index (Phi) is 6.14. The Bertz CT molecular complexity index is 1050. The maximum absolute atomic E-state index is 12.5. The number of hydrogen-bond donors (Lipinski definition) is 1. The molecule has 1 saturated heterocycles. The van der Waals surface area contributed by atoms with Crippen LogP contribution < -0.4 is 4.74 Å². The lowest BCUT2D eigenvalue weighted by Crippen LogP contribution is -2.50. The van der Waals surface area contributed by atoms with Crippen molar-refractivity contribution in [1.29, 1.82) is 0 Å². The van der Waals surface area contributed by atoms with Gasteiger partial charge in [-0.1, -0.05) is 42.5 Å². The average molecular weight is 456 g/mol. The number of piperidine rings is 1. The van der Waals surface area contributed by atoms with Gasteiger partial charge in [-0.25, -0.2) is 9.00 Å². The topological polar surface area (TPSA) is 76.1 Å². The summed E-state index contributed by atoms with van der Waals surface area (Å²) in [5, 5.41) is 0. The zero-order valence-electron chi connectivity index (χ0n) is 18.7. The molecule has 2 heterocycles. The van der Waals surface area contributed by atoms with Crippen LogP contribution >= 0.6 is 0 Å². The van der Waals surface area contributed by atoms with Gasteiger partial charge in [-0.05, 0) is 49.6 Å². The van der Waals surface area contributed by atoms with Crippen LogP contribution in [0.3, 0.4) is 0 Å². The van der Waals surface area contributed by atoms with Crippen LogP contribution in [-0.2, 0) is 21.6 Å². The Morgan fingerprint density at radius 1 is 1.12 bits per heavy atom. The molecule has 4 rings (SSSR count). The number of nitrogens with zero attached hydrogens (tertiary/aromatic N) is 1. The molecular formula is C25H29NO5S. The minimum Gasteiger partial charge on any atom is -0.482 e. The van der Waals surface area contributed by atoms with Crippen LogP contribution in [0.2, 0.25) is 0 Å². The van der Waals surface area contributed by atoms with Crippen molar-refractivity contribution in [2.24, 2.45) is 0 Å². The molecule has 170 valence electrons. The van der Waals surface area contributed by atoms with E-state index in [4.69, 9.17) is 14.0 Å². The predicted octanol–water partition coefficient (Wildman–Crippen LogP) is 5.00. The van der Waals surface area contributed by atoms with Gasteiger partial charge in [-0.3, -0.25) is 0 Å². The van der Waals surface area contributed by atoms with Gasteiger partial charge in [0.25, 0.3) is 0 Å². The maximum Gasteiger partial charge on any atom is 0.410 e. The Morgan fingerprint density at radius 2 is 1.78 bits per heavy atom. The first-order valence-electron chi connectivity index (χ1n) is 10.8. The van der Waals surface area contributed by atoms with E-state index >= 15 is 0 Å². The second kappa shape index (κ2) is 8.71. The van der Waals surface area contributed by atoms with Gasteiger partial charge >= 0.3 is 6.09 Å². The summed E-state index contributed by atoms with van der Waals surface area (Å²) in [6.07, 6.45) is 3.24. The smallest absolute Gasteiger partial charge is 0.410 e. The SMILES string of the molecule is CC(C)(C)OC(=O)N1CCC2(C=C(c3ccc(CS(=O)O)cc3)c3ccccc3O2)CC1. The minimum atomic E-state index is -1.86. The summed E-state index contributed by atoms with van der Waals surface area (Å²) in [6, 6.07) is 15.7. The molecule has 1 spiro atoms. The molecule has 1 amide bonds. The first-order valence-corrected chi connectivity index (χ1v) is 12.1. The molecule has 0 saturated carbocycles. The largest absolute Gasteiger partial charge is 0.482 e. The third kappa shape index (κ3) is 5.05. The molecule has 2 aliphatic rings. The van der Waals surface area contributed by atoms with E-state index in [0.29, 0.717) is 25.9 Å². The Labute approximate surface area is 191 Å². The molecule has 2 aliphatic heterocycles. The Balaban J connectivity index is 1.60. The van der Waals surface area contributed by atoms with E-state index in [1.807, 2.05) is 69.3 Å². The van der Waals surface area contributed by atoms with Crippen LogP contribution in [0.4, 0.5) is 4.79 Å². The fourth-order valence-corrected chi connectivity index (χ4v) is 4.65. The van der Waals surface area contributed by atoms with Crippen molar-refractivity contribution in [3.63, 3.8) is 0 Å². The number of likely N-dealkylation sites (tertiary alicyclic amines) is 1. The summed E-state index contributed by atoms with van der Waals surface area (Å²) in [5.74, 6) is 0.944. The molecule has 0 radical (unpaired) electrons. The van der Waals surface area contributed by atoms with E-state index in [9.17, 15) is 9.00 Å². The highest BCUT2D eigenvalue weighted by molar-refractivity contribution is 7.78. The average Bonchev–Trinajstić information content (AvgIpc) is 2.72. The van der Waals surface area contributed by atoms with Crippen molar-refractivity contribution >= 4 is 22.7 Å². The number of rotatable bonds is 3. The van der Waals surface area contributed by atoms with Crippen LogP contribution in [0, 0.1) is 0 Å². The number of carbonyl (C=O) groups is 1. The van der Waals surface area contributed by atoms with Gasteiger partial charge in [0.1, 0.15) is 17.0 Å². The summed E-state index contributed by atoms with van der Waals surface area (Å²) < 4.78 is 32.3. The van der Waals surface area contributed by atoms with Gasteiger partial charge in [0.2, 0.25) is 0 Å². The molecule has 1 unspecified atom stereocenters. The molecule has 0 bridgehead atoms. The third-order valence-corrected chi connectivity index (χ3v) is 6.29. The standard InChI is InChI=1S/C25H29NO5S/c1-24(2,3)31-23(27)26-14-12-25(13-15-26)16-21(20-6-4-5-7-22(20)30-25)19-10-8-18(9-11-19)17-32(28)29/h4-11,16H,12-15,17H2,1-3H3,(H,28,29). The van der Waals surface area contributed by atoms with E-state index < -0.39 is 22.3 Å². The van der Waals surface area contributed by atoms with Crippen molar-refractivity contribution in [1.82, 2.24) is 4.90 Å². The van der Waals surface area contributed by atoms with E-state index in [2.05, 4.69) is 6.08 Å². The number of benzene rings is 2. The molecule has 0 aliphatic carbocycles. The highest BCUT2D eigenvalue weighted by Gasteiger charge is 2.40. The van der Waals surface area contributed by atoms with Crippen molar-refractivity contribution in [2.75, 3.05) is 13.1 Å². The number of carbonyl (C=O) groups excluding carboxylic acids is 1. The van der Waals surface area contributed by atoms with Gasteiger partial charge < -0.3 is 18.9 Å². The molecule has 2 aromatic rings. The summed E-state index contributed by atoms with van der Waals surface area (Å²) in [7, 11) is 0. The maximum atomic E-state index is 12.5. The second-order valence-electron chi connectivity index (χ2n) is 9.35. The molecule has 32 heavy (non-hydrogen) atoms. The molecule has 0 aromatic heterocycles. The van der Waals surface area contributed by atoms with Crippen molar-refractivity contribution in [3.8, 4) is 5.75 Å². The van der Waals surface area contributed by atoms with Crippen LogP contribution in [0.5, 0.6) is 5.75 Å². The van der Waals surface area contributed by atoms with Gasteiger partial charge in [-0.15, -0.1) is 0 Å². The Morgan fingerprint density at radius 3 is 2.41 bits per heavy atom. The van der Waals surface area contributed by atoms with Crippen LogP contribution in [0.15, 0.2) is 54.6 Å². The zero-order valence-corrected chi connectivity index (χ0v) is 19.5. The second-order valence-corrected chi connectivity index (χ2v) is 10.3.